The summed E-state index contributed by atoms with van der Waals surface area (Å²) in [5.74, 6) is -0.323. The average molecular weight is 252 g/mol. The molecular formula is C13H20N2O3. The van der Waals surface area contributed by atoms with Crippen LogP contribution in [0.3, 0.4) is 0 Å². The molecule has 0 amide bonds. The Bertz CT molecular complexity index is 408. The molecule has 0 radical (unpaired) electrons. The predicted octanol–water partition coefficient (Wildman–Crippen LogP) is 2.06. The van der Waals surface area contributed by atoms with Crippen LogP contribution in [-0.4, -0.2) is 28.5 Å². The second kappa shape index (κ2) is 6.00. The van der Waals surface area contributed by atoms with Crippen molar-refractivity contribution in [1.29, 1.82) is 0 Å². The molecule has 0 atom stereocenters. The number of esters is 1. The maximum absolute atomic E-state index is 11.7. The van der Waals surface area contributed by atoms with Gasteiger partial charge in [0.05, 0.1) is 19.3 Å². The SMILES string of the molecule is CCOC(=O)c1cn(C)nc1COC1CCCC1. The van der Waals surface area contributed by atoms with Crippen molar-refractivity contribution in [1.82, 2.24) is 9.78 Å². The van der Waals surface area contributed by atoms with Crippen molar-refractivity contribution in [2.75, 3.05) is 6.61 Å². The molecule has 1 fully saturated rings. The van der Waals surface area contributed by atoms with Crippen LogP contribution < -0.4 is 0 Å². The van der Waals surface area contributed by atoms with Gasteiger partial charge in [-0.1, -0.05) is 12.8 Å². The standard InChI is InChI=1S/C13H20N2O3/c1-3-17-13(16)11-8-15(2)14-12(11)9-18-10-6-4-5-7-10/h8,10H,3-7,9H2,1-2H3. The Balaban J connectivity index is 1.99. The van der Waals surface area contributed by atoms with Crippen LogP contribution in [-0.2, 0) is 23.1 Å². The molecule has 5 heteroatoms. The maximum Gasteiger partial charge on any atom is 0.341 e. The first kappa shape index (κ1) is 13.1. The van der Waals surface area contributed by atoms with E-state index in [0.717, 1.165) is 12.8 Å². The summed E-state index contributed by atoms with van der Waals surface area (Å²) in [6.45, 7) is 2.55. The number of rotatable bonds is 5. The minimum Gasteiger partial charge on any atom is -0.462 e. The topological polar surface area (TPSA) is 53.4 Å². The van der Waals surface area contributed by atoms with Crippen molar-refractivity contribution in [3.05, 3.63) is 17.5 Å². The summed E-state index contributed by atoms with van der Waals surface area (Å²) >= 11 is 0. The van der Waals surface area contributed by atoms with Gasteiger partial charge >= 0.3 is 5.97 Å². The summed E-state index contributed by atoms with van der Waals surface area (Å²) in [5, 5.41) is 4.27. The first-order valence-electron chi connectivity index (χ1n) is 6.52. The predicted molar refractivity (Wildman–Crippen MR) is 66.2 cm³/mol. The smallest absolute Gasteiger partial charge is 0.341 e. The highest BCUT2D eigenvalue weighted by Crippen LogP contribution is 2.22. The zero-order valence-corrected chi connectivity index (χ0v) is 11.0. The van der Waals surface area contributed by atoms with Crippen molar-refractivity contribution < 1.29 is 14.3 Å². The molecule has 0 bridgehead atoms. The number of hydrogen-bond acceptors (Lipinski definition) is 4. The molecule has 1 aliphatic rings. The van der Waals surface area contributed by atoms with Gasteiger partial charge in [0.1, 0.15) is 11.3 Å². The molecule has 100 valence electrons. The summed E-state index contributed by atoms with van der Waals surface area (Å²) in [6, 6.07) is 0. The number of aromatic nitrogens is 2. The summed E-state index contributed by atoms with van der Waals surface area (Å²) in [6.07, 6.45) is 6.70. The fraction of sp³-hybridized carbons (Fsp3) is 0.692. The van der Waals surface area contributed by atoms with Gasteiger partial charge in [-0.3, -0.25) is 4.68 Å². The van der Waals surface area contributed by atoms with E-state index in [4.69, 9.17) is 9.47 Å². The van der Waals surface area contributed by atoms with Gasteiger partial charge in [0, 0.05) is 13.2 Å². The summed E-state index contributed by atoms with van der Waals surface area (Å²) < 4.78 is 12.4. The van der Waals surface area contributed by atoms with Crippen molar-refractivity contribution in [3.63, 3.8) is 0 Å². The third-order valence-electron chi connectivity index (χ3n) is 3.16. The van der Waals surface area contributed by atoms with Crippen LogP contribution in [0.25, 0.3) is 0 Å². The van der Waals surface area contributed by atoms with E-state index in [1.165, 1.54) is 12.8 Å². The van der Waals surface area contributed by atoms with E-state index in [0.29, 0.717) is 30.6 Å². The lowest BCUT2D eigenvalue weighted by molar-refractivity contribution is 0.0400. The molecule has 5 nitrogen and oxygen atoms in total. The van der Waals surface area contributed by atoms with E-state index in [1.807, 2.05) is 0 Å². The zero-order valence-electron chi connectivity index (χ0n) is 11.0. The quantitative estimate of drug-likeness (QED) is 0.753. The molecule has 2 rings (SSSR count). The molecule has 0 aromatic carbocycles. The van der Waals surface area contributed by atoms with Crippen LogP contribution in [0.1, 0.15) is 48.7 Å². The van der Waals surface area contributed by atoms with E-state index in [2.05, 4.69) is 5.10 Å². The molecule has 18 heavy (non-hydrogen) atoms. The molecule has 1 aromatic rings. The Labute approximate surface area is 107 Å². The second-order valence-corrected chi connectivity index (χ2v) is 4.60. The molecule has 1 aromatic heterocycles. The lowest BCUT2D eigenvalue weighted by Crippen LogP contribution is -2.11. The lowest BCUT2D eigenvalue weighted by atomic mass is 10.2. The maximum atomic E-state index is 11.7. The Morgan fingerprint density at radius 3 is 2.89 bits per heavy atom. The molecular weight excluding hydrogens is 232 g/mol. The first-order chi connectivity index (χ1) is 8.70. The van der Waals surface area contributed by atoms with Crippen LogP contribution >= 0.6 is 0 Å². The van der Waals surface area contributed by atoms with Gasteiger partial charge in [0.15, 0.2) is 0 Å². The van der Waals surface area contributed by atoms with Gasteiger partial charge in [-0.2, -0.15) is 5.10 Å². The monoisotopic (exact) mass is 252 g/mol. The largest absolute Gasteiger partial charge is 0.462 e. The van der Waals surface area contributed by atoms with E-state index < -0.39 is 0 Å². The van der Waals surface area contributed by atoms with Crippen LogP contribution in [0.2, 0.25) is 0 Å². The minimum absolute atomic E-state index is 0.321. The van der Waals surface area contributed by atoms with Gasteiger partial charge in [0.2, 0.25) is 0 Å². The minimum atomic E-state index is -0.323. The van der Waals surface area contributed by atoms with Gasteiger partial charge < -0.3 is 9.47 Å². The van der Waals surface area contributed by atoms with Crippen molar-refractivity contribution in [2.24, 2.45) is 7.05 Å². The highest BCUT2D eigenvalue weighted by molar-refractivity contribution is 5.90. The van der Waals surface area contributed by atoms with Gasteiger partial charge in [0.25, 0.3) is 0 Å². The Morgan fingerprint density at radius 2 is 2.22 bits per heavy atom. The fourth-order valence-corrected chi connectivity index (χ4v) is 2.27. The molecule has 0 aliphatic heterocycles. The van der Waals surface area contributed by atoms with Crippen LogP contribution in [0.5, 0.6) is 0 Å². The third-order valence-corrected chi connectivity index (χ3v) is 3.16. The summed E-state index contributed by atoms with van der Waals surface area (Å²) in [4.78, 5) is 11.7. The number of carbonyl (C=O) groups excluding carboxylic acids is 1. The van der Waals surface area contributed by atoms with Gasteiger partial charge in [-0.25, -0.2) is 4.79 Å². The number of hydrogen-bond donors (Lipinski definition) is 0. The van der Waals surface area contributed by atoms with E-state index in [9.17, 15) is 4.79 Å². The lowest BCUT2D eigenvalue weighted by Gasteiger charge is -2.10. The van der Waals surface area contributed by atoms with E-state index in [-0.39, 0.29) is 5.97 Å². The van der Waals surface area contributed by atoms with Gasteiger partial charge in [-0.05, 0) is 19.8 Å². The molecule has 0 spiro atoms. The molecule has 1 heterocycles. The fourth-order valence-electron chi connectivity index (χ4n) is 2.27. The average Bonchev–Trinajstić information content (AvgIpc) is 2.95. The molecule has 0 N–H and O–H groups in total. The molecule has 0 saturated heterocycles. The summed E-state index contributed by atoms with van der Waals surface area (Å²) in [5.41, 5.74) is 1.18. The first-order valence-corrected chi connectivity index (χ1v) is 6.52. The van der Waals surface area contributed by atoms with Crippen LogP contribution in [0, 0.1) is 0 Å². The molecule has 1 aliphatic carbocycles. The number of nitrogens with zero attached hydrogens (tertiary/aromatic N) is 2. The third kappa shape index (κ3) is 3.10. The molecule has 1 saturated carbocycles. The van der Waals surface area contributed by atoms with E-state index >= 15 is 0 Å². The zero-order chi connectivity index (χ0) is 13.0. The number of carbonyl (C=O) groups is 1. The number of aryl methyl sites for hydroxylation is 1. The Hall–Kier alpha value is -1.36. The normalized spacial score (nSPS) is 16.1. The van der Waals surface area contributed by atoms with Crippen LogP contribution in [0.4, 0.5) is 0 Å². The summed E-state index contributed by atoms with van der Waals surface area (Å²) in [7, 11) is 1.79. The van der Waals surface area contributed by atoms with Crippen molar-refractivity contribution in [2.45, 2.75) is 45.3 Å². The Kier molecular flexibility index (Phi) is 4.36. The second-order valence-electron chi connectivity index (χ2n) is 4.60. The highest BCUT2D eigenvalue weighted by Gasteiger charge is 2.20. The Morgan fingerprint density at radius 1 is 1.50 bits per heavy atom. The van der Waals surface area contributed by atoms with Crippen LogP contribution in [0.15, 0.2) is 6.20 Å². The highest BCUT2D eigenvalue weighted by atomic mass is 16.5. The van der Waals surface area contributed by atoms with Crippen molar-refractivity contribution >= 4 is 5.97 Å². The van der Waals surface area contributed by atoms with Gasteiger partial charge in [-0.15, -0.1) is 0 Å². The van der Waals surface area contributed by atoms with E-state index in [1.54, 1.807) is 24.9 Å². The number of ether oxygens (including phenoxy) is 2. The molecule has 0 unspecified atom stereocenters. The van der Waals surface area contributed by atoms with Crippen molar-refractivity contribution in [3.8, 4) is 0 Å².